The molecule has 3 aliphatic rings. The molecule has 2 unspecified atom stereocenters. The summed E-state index contributed by atoms with van der Waals surface area (Å²) in [4.78, 5) is 40.3. The fraction of sp³-hybridized carbons (Fsp3) is 0.633. The summed E-state index contributed by atoms with van der Waals surface area (Å²) in [5.41, 5.74) is -0.721. The van der Waals surface area contributed by atoms with Crippen molar-refractivity contribution in [3.8, 4) is 11.5 Å². The van der Waals surface area contributed by atoms with Crippen LogP contribution in [-0.4, -0.2) is 87.7 Å². The fourth-order valence-electron chi connectivity index (χ4n) is 6.49. The molecule has 1 aliphatic carbocycles. The molecule has 0 radical (unpaired) electrons. The van der Waals surface area contributed by atoms with Gasteiger partial charge in [0.05, 0.1) is 11.0 Å². The van der Waals surface area contributed by atoms with Gasteiger partial charge < -0.3 is 39.7 Å². The van der Waals surface area contributed by atoms with Crippen molar-refractivity contribution in [3.05, 3.63) is 35.1 Å². The maximum atomic E-state index is 13.2. The van der Waals surface area contributed by atoms with Gasteiger partial charge >= 0.3 is 11.9 Å². The van der Waals surface area contributed by atoms with Crippen molar-refractivity contribution in [1.82, 2.24) is 10.2 Å². The number of phenolic OH excluding ortho intramolecular Hbond substituents is 1. The number of rotatable bonds is 8. The Balaban J connectivity index is 1.59. The first-order chi connectivity index (χ1) is 19.1. The summed E-state index contributed by atoms with van der Waals surface area (Å²) < 4.78 is 17.5. The van der Waals surface area contributed by atoms with Crippen LogP contribution in [-0.2, 0) is 29.3 Å². The molecule has 226 valence electrons. The number of aromatic hydroxyl groups is 1. The largest absolute Gasteiger partial charge is 0.504 e. The number of likely N-dealkylation sites (tertiary alicyclic amines) is 1. The zero-order chi connectivity index (χ0) is 30.4. The standard InChI is InChI=1S/C30H42N2O9/c1-15(2)14-20(31-26(35)17(4)33)28(37)39-18(5)27(36)40-22-10-11-30(38)19(6)32(7)13-12-29(30)23-16(3)8-9-21(34)24(23)41-25(22)29/h8-10,15,17-20,25,33-34,38H,11-14H2,1-7H3,(H,31,35)/t17-,18-,19+,20-,25?,29?,30+/m0/s1. The van der Waals surface area contributed by atoms with Crippen LogP contribution < -0.4 is 10.1 Å². The maximum Gasteiger partial charge on any atom is 0.352 e. The number of carbonyl (C=O) groups excluding carboxylic acids is 3. The molecule has 41 heavy (non-hydrogen) atoms. The van der Waals surface area contributed by atoms with Gasteiger partial charge in [0.25, 0.3) is 0 Å². The van der Waals surface area contributed by atoms with E-state index in [1.165, 1.54) is 13.8 Å². The molecular formula is C30H42N2O9. The molecule has 2 aliphatic heterocycles. The second-order valence-corrected chi connectivity index (χ2v) is 12.1. The number of esters is 2. The molecule has 11 nitrogen and oxygen atoms in total. The Labute approximate surface area is 240 Å². The van der Waals surface area contributed by atoms with E-state index in [9.17, 15) is 29.7 Å². The number of fused-ring (bicyclic) bond motifs is 1. The second-order valence-electron chi connectivity index (χ2n) is 12.1. The van der Waals surface area contributed by atoms with Crippen LogP contribution in [0, 0.1) is 12.8 Å². The number of benzene rings is 1. The van der Waals surface area contributed by atoms with Gasteiger partial charge in [-0.2, -0.15) is 0 Å². The Morgan fingerprint density at radius 2 is 1.88 bits per heavy atom. The van der Waals surface area contributed by atoms with Crippen molar-refractivity contribution in [1.29, 1.82) is 0 Å². The number of aliphatic hydroxyl groups excluding tert-OH is 1. The minimum Gasteiger partial charge on any atom is -0.504 e. The van der Waals surface area contributed by atoms with Crippen molar-refractivity contribution in [3.63, 3.8) is 0 Å². The number of aryl methyl sites for hydroxylation is 1. The monoisotopic (exact) mass is 574 g/mol. The van der Waals surface area contributed by atoms with Gasteiger partial charge in [-0.1, -0.05) is 19.9 Å². The summed E-state index contributed by atoms with van der Waals surface area (Å²) in [7, 11) is 1.95. The molecule has 4 N–H and O–H groups in total. The molecule has 0 bridgehead atoms. The van der Waals surface area contributed by atoms with Gasteiger partial charge in [0.2, 0.25) is 5.91 Å². The third-order valence-corrected chi connectivity index (χ3v) is 8.86. The van der Waals surface area contributed by atoms with Gasteiger partial charge in [0.15, 0.2) is 23.7 Å². The Morgan fingerprint density at radius 1 is 1.20 bits per heavy atom. The number of nitrogens with zero attached hydrogens (tertiary/aromatic N) is 1. The highest BCUT2D eigenvalue weighted by Gasteiger charge is 2.69. The number of nitrogens with one attached hydrogen (secondary N) is 1. The normalized spacial score (nSPS) is 29.2. The topological polar surface area (TPSA) is 155 Å². The van der Waals surface area contributed by atoms with Crippen molar-refractivity contribution in [2.75, 3.05) is 13.6 Å². The summed E-state index contributed by atoms with van der Waals surface area (Å²) in [6.45, 7) is 10.9. The molecule has 1 aromatic carbocycles. The molecule has 0 saturated carbocycles. The first-order valence-corrected chi connectivity index (χ1v) is 14.2. The van der Waals surface area contributed by atoms with Crippen molar-refractivity contribution in [2.24, 2.45) is 5.92 Å². The highest BCUT2D eigenvalue weighted by atomic mass is 16.6. The number of piperidine rings is 1. The van der Waals surface area contributed by atoms with E-state index in [-0.39, 0.29) is 42.1 Å². The zero-order valence-corrected chi connectivity index (χ0v) is 24.8. The van der Waals surface area contributed by atoms with Gasteiger partial charge in [-0.15, -0.1) is 0 Å². The number of hydrogen-bond donors (Lipinski definition) is 4. The van der Waals surface area contributed by atoms with Crippen LogP contribution in [0.4, 0.5) is 0 Å². The van der Waals surface area contributed by atoms with Gasteiger partial charge in [0.1, 0.15) is 17.9 Å². The molecule has 4 rings (SSSR count). The third-order valence-electron chi connectivity index (χ3n) is 8.86. The van der Waals surface area contributed by atoms with Crippen LogP contribution in [0.3, 0.4) is 0 Å². The van der Waals surface area contributed by atoms with Crippen molar-refractivity contribution < 1.29 is 43.9 Å². The molecule has 1 spiro atoms. The fourth-order valence-corrected chi connectivity index (χ4v) is 6.49. The first-order valence-electron chi connectivity index (χ1n) is 14.2. The van der Waals surface area contributed by atoms with E-state index >= 15 is 0 Å². The summed E-state index contributed by atoms with van der Waals surface area (Å²) in [6, 6.07) is 2.01. The molecule has 2 heterocycles. The maximum absolute atomic E-state index is 13.2. The average molecular weight is 575 g/mol. The van der Waals surface area contributed by atoms with Gasteiger partial charge in [-0.3, -0.25) is 4.79 Å². The predicted octanol–water partition coefficient (Wildman–Crippen LogP) is 1.83. The number of amides is 1. The number of carbonyl (C=O) groups is 3. The highest BCUT2D eigenvalue weighted by Crippen LogP contribution is 2.62. The summed E-state index contributed by atoms with van der Waals surface area (Å²) >= 11 is 0. The number of phenols is 1. The van der Waals surface area contributed by atoms with E-state index in [1.54, 1.807) is 18.2 Å². The summed E-state index contributed by atoms with van der Waals surface area (Å²) in [5, 5.41) is 35.0. The molecule has 7 atom stereocenters. The van der Waals surface area contributed by atoms with E-state index in [4.69, 9.17) is 14.2 Å². The number of likely N-dealkylation sites (N-methyl/N-ethyl adjacent to an activating group) is 1. The van der Waals surface area contributed by atoms with E-state index in [0.717, 1.165) is 5.56 Å². The van der Waals surface area contributed by atoms with Crippen molar-refractivity contribution in [2.45, 2.75) is 102 Å². The number of ether oxygens (including phenoxy) is 3. The zero-order valence-electron chi connectivity index (χ0n) is 24.8. The molecular weight excluding hydrogens is 532 g/mol. The molecule has 11 heteroatoms. The Hall–Kier alpha value is -3.15. The smallest absolute Gasteiger partial charge is 0.352 e. The second kappa shape index (κ2) is 11.3. The third kappa shape index (κ3) is 5.19. The van der Waals surface area contributed by atoms with E-state index in [2.05, 4.69) is 10.2 Å². The van der Waals surface area contributed by atoms with Crippen LogP contribution in [0.2, 0.25) is 0 Å². The van der Waals surface area contributed by atoms with E-state index < -0.39 is 53.2 Å². The van der Waals surface area contributed by atoms with Crippen LogP contribution >= 0.6 is 0 Å². The quantitative estimate of drug-likeness (QED) is 0.338. The van der Waals surface area contributed by atoms with E-state index in [0.29, 0.717) is 18.5 Å². The lowest BCUT2D eigenvalue weighted by molar-refractivity contribution is -0.173. The summed E-state index contributed by atoms with van der Waals surface area (Å²) in [5.74, 6) is -2.01. The molecule has 1 aromatic rings. The van der Waals surface area contributed by atoms with Gasteiger partial charge in [-0.05, 0) is 77.8 Å². The highest BCUT2D eigenvalue weighted by molar-refractivity contribution is 5.88. The molecule has 1 fully saturated rings. The lowest BCUT2D eigenvalue weighted by atomic mass is 9.54. The lowest BCUT2D eigenvalue weighted by Crippen LogP contribution is -2.71. The number of hydrogen-bond acceptors (Lipinski definition) is 10. The lowest BCUT2D eigenvalue weighted by Gasteiger charge is -2.58. The van der Waals surface area contributed by atoms with E-state index in [1.807, 2.05) is 34.7 Å². The van der Waals surface area contributed by atoms with Crippen molar-refractivity contribution >= 4 is 17.8 Å². The van der Waals surface area contributed by atoms with Gasteiger partial charge in [0, 0.05) is 18.0 Å². The van der Waals surface area contributed by atoms with Crippen LogP contribution in [0.25, 0.3) is 0 Å². The van der Waals surface area contributed by atoms with Gasteiger partial charge in [-0.25, -0.2) is 9.59 Å². The van der Waals surface area contributed by atoms with Crippen LogP contribution in [0.5, 0.6) is 11.5 Å². The Morgan fingerprint density at radius 3 is 2.51 bits per heavy atom. The number of aliphatic hydroxyl groups is 2. The molecule has 1 saturated heterocycles. The van der Waals surface area contributed by atoms with Crippen LogP contribution in [0.1, 0.15) is 65.0 Å². The Kier molecular flexibility index (Phi) is 8.46. The minimum absolute atomic E-state index is 0.0180. The molecule has 0 aromatic heterocycles. The predicted molar refractivity (Wildman–Crippen MR) is 148 cm³/mol. The average Bonchev–Trinajstić information content (AvgIpc) is 3.27. The van der Waals surface area contributed by atoms with Crippen LogP contribution in [0.15, 0.2) is 24.0 Å². The first kappa shape index (κ1) is 30.8. The summed E-state index contributed by atoms with van der Waals surface area (Å²) in [6.07, 6.45) is -0.997. The minimum atomic E-state index is -1.33. The Bertz CT molecular complexity index is 1240. The molecule has 1 amide bonds. The SMILES string of the molecule is Cc1ccc(O)c2c1C13CCN(C)[C@H](C)[C@]1(O)CC=C(OC(=O)[C@H](C)OC(=O)[C@H](CC(C)C)NC(=O)[C@H](C)O)C3O2.